The van der Waals surface area contributed by atoms with Crippen molar-refractivity contribution in [1.29, 1.82) is 0 Å². The fourth-order valence-electron chi connectivity index (χ4n) is 2.57. The van der Waals surface area contributed by atoms with Crippen LogP contribution in [0.5, 0.6) is 0 Å². The standard InChI is InChI=1S/C16H17F3N8O2/c1-25-8-10(6-21-25)5-20-15(29)14-11(7-22-26(14)2)23-13(28)9-27-4-3-12(24-27)16(17,18)19/h3-4,6-8H,5,9H2,1-2H3,(H,20,29)(H,23,28). The number of hydrogen-bond acceptors (Lipinski definition) is 5. The number of anilines is 1. The molecular weight excluding hydrogens is 393 g/mol. The van der Waals surface area contributed by atoms with Gasteiger partial charge in [-0.2, -0.15) is 28.5 Å². The van der Waals surface area contributed by atoms with Gasteiger partial charge < -0.3 is 10.6 Å². The lowest BCUT2D eigenvalue weighted by molar-refractivity contribution is -0.141. The summed E-state index contributed by atoms with van der Waals surface area (Å²) in [7, 11) is 3.27. The van der Waals surface area contributed by atoms with Gasteiger partial charge in [-0.05, 0) is 6.07 Å². The number of rotatable bonds is 6. The van der Waals surface area contributed by atoms with Gasteiger partial charge >= 0.3 is 6.18 Å². The van der Waals surface area contributed by atoms with E-state index in [0.717, 1.165) is 22.5 Å². The first-order valence-electron chi connectivity index (χ1n) is 8.31. The molecule has 0 saturated heterocycles. The zero-order chi connectivity index (χ0) is 21.2. The van der Waals surface area contributed by atoms with Gasteiger partial charge in [0.05, 0.1) is 18.1 Å². The van der Waals surface area contributed by atoms with Crippen LogP contribution >= 0.6 is 0 Å². The number of hydrogen-bond donors (Lipinski definition) is 2. The van der Waals surface area contributed by atoms with Crippen molar-refractivity contribution in [2.24, 2.45) is 14.1 Å². The van der Waals surface area contributed by atoms with Crippen LogP contribution in [0, 0.1) is 0 Å². The van der Waals surface area contributed by atoms with Crippen LogP contribution in [0.3, 0.4) is 0 Å². The third-order valence-corrected chi connectivity index (χ3v) is 3.88. The molecule has 0 fully saturated rings. The molecule has 3 aromatic rings. The summed E-state index contributed by atoms with van der Waals surface area (Å²) in [5, 5.41) is 16.4. The number of amides is 2. The van der Waals surface area contributed by atoms with Crippen LogP contribution in [0.1, 0.15) is 21.7 Å². The number of carbonyl (C=O) groups is 2. The lowest BCUT2D eigenvalue weighted by Gasteiger charge is -2.09. The second kappa shape index (κ2) is 7.77. The van der Waals surface area contributed by atoms with E-state index in [1.54, 1.807) is 24.1 Å². The highest BCUT2D eigenvalue weighted by atomic mass is 19.4. The zero-order valence-corrected chi connectivity index (χ0v) is 15.4. The Bertz CT molecular complexity index is 1030. The van der Waals surface area contributed by atoms with Crippen molar-refractivity contribution in [2.75, 3.05) is 5.32 Å². The van der Waals surface area contributed by atoms with Crippen molar-refractivity contribution in [2.45, 2.75) is 19.3 Å². The van der Waals surface area contributed by atoms with E-state index in [1.165, 1.54) is 17.9 Å². The summed E-state index contributed by atoms with van der Waals surface area (Å²) in [5.74, 6) is -1.14. The van der Waals surface area contributed by atoms with Gasteiger partial charge in [-0.15, -0.1) is 0 Å². The predicted octanol–water partition coefficient (Wildman–Crippen LogP) is 0.938. The monoisotopic (exact) mass is 410 g/mol. The molecule has 0 atom stereocenters. The average Bonchev–Trinajstić information content (AvgIpc) is 3.33. The molecule has 3 aromatic heterocycles. The molecular formula is C16H17F3N8O2. The largest absolute Gasteiger partial charge is 0.435 e. The highest BCUT2D eigenvalue weighted by Crippen LogP contribution is 2.27. The molecule has 0 unspecified atom stereocenters. The maximum absolute atomic E-state index is 12.6. The van der Waals surface area contributed by atoms with E-state index in [1.807, 2.05) is 0 Å². The highest BCUT2D eigenvalue weighted by Gasteiger charge is 2.33. The van der Waals surface area contributed by atoms with Crippen molar-refractivity contribution < 1.29 is 22.8 Å². The van der Waals surface area contributed by atoms with Crippen LogP contribution in [0.25, 0.3) is 0 Å². The van der Waals surface area contributed by atoms with Crippen LogP contribution in [0.2, 0.25) is 0 Å². The maximum atomic E-state index is 12.6. The molecule has 3 rings (SSSR count). The van der Waals surface area contributed by atoms with E-state index in [4.69, 9.17) is 0 Å². The SMILES string of the molecule is Cn1cc(CNC(=O)c2c(NC(=O)Cn3ccc(C(F)(F)F)n3)cnn2C)cn1. The molecule has 29 heavy (non-hydrogen) atoms. The number of alkyl halides is 3. The molecule has 0 spiro atoms. The van der Waals surface area contributed by atoms with E-state index < -0.39 is 30.2 Å². The second-order valence-electron chi connectivity index (χ2n) is 6.18. The summed E-state index contributed by atoms with van der Waals surface area (Å²) in [6.45, 7) is -0.236. The Balaban J connectivity index is 1.64. The number of aryl methyl sites for hydroxylation is 2. The summed E-state index contributed by atoms with van der Waals surface area (Å²) in [6, 6.07) is 0.772. The van der Waals surface area contributed by atoms with Crippen molar-refractivity contribution in [3.63, 3.8) is 0 Å². The minimum atomic E-state index is -4.59. The van der Waals surface area contributed by atoms with Gasteiger partial charge in [-0.25, -0.2) is 0 Å². The molecule has 0 bridgehead atoms. The number of nitrogens with one attached hydrogen (secondary N) is 2. The minimum Gasteiger partial charge on any atom is -0.346 e. The molecule has 10 nitrogen and oxygen atoms in total. The Morgan fingerprint density at radius 1 is 1.17 bits per heavy atom. The Hall–Kier alpha value is -3.64. The average molecular weight is 410 g/mol. The van der Waals surface area contributed by atoms with Gasteiger partial charge in [0.1, 0.15) is 12.2 Å². The normalized spacial score (nSPS) is 11.5. The Morgan fingerprint density at radius 2 is 1.93 bits per heavy atom. The van der Waals surface area contributed by atoms with E-state index in [0.29, 0.717) is 0 Å². The first-order valence-corrected chi connectivity index (χ1v) is 8.31. The number of carbonyl (C=O) groups excluding carboxylic acids is 2. The molecule has 0 aliphatic rings. The van der Waals surface area contributed by atoms with Crippen molar-refractivity contribution >= 4 is 17.5 Å². The quantitative estimate of drug-likeness (QED) is 0.628. The molecule has 0 aliphatic carbocycles. The molecule has 2 amide bonds. The molecule has 0 radical (unpaired) electrons. The first-order chi connectivity index (χ1) is 13.6. The third-order valence-electron chi connectivity index (χ3n) is 3.88. The lowest BCUT2D eigenvalue weighted by Crippen LogP contribution is -2.27. The number of nitrogens with zero attached hydrogens (tertiary/aromatic N) is 6. The van der Waals surface area contributed by atoms with Crippen molar-refractivity contribution in [1.82, 2.24) is 34.7 Å². The van der Waals surface area contributed by atoms with Gasteiger partial charge in [-0.1, -0.05) is 0 Å². The number of aromatic nitrogens is 6. The van der Waals surface area contributed by atoms with E-state index in [9.17, 15) is 22.8 Å². The summed E-state index contributed by atoms with van der Waals surface area (Å²) >= 11 is 0. The smallest absolute Gasteiger partial charge is 0.346 e. The van der Waals surface area contributed by atoms with Gasteiger partial charge in [0.25, 0.3) is 5.91 Å². The Morgan fingerprint density at radius 3 is 2.55 bits per heavy atom. The molecule has 2 N–H and O–H groups in total. The van der Waals surface area contributed by atoms with Gasteiger partial charge in [0.2, 0.25) is 5.91 Å². The third kappa shape index (κ3) is 4.80. The molecule has 154 valence electrons. The van der Waals surface area contributed by atoms with Crippen molar-refractivity contribution in [3.8, 4) is 0 Å². The maximum Gasteiger partial charge on any atom is 0.435 e. The zero-order valence-electron chi connectivity index (χ0n) is 15.4. The van der Waals surface area contributed by atoms with Gasteiger partial charge in [0, 0.05) is 38.6 Å². The first kappa shape index (κ1) is 20.1. The van der Waals surface area contributed by atoms with Crippen LogP contribution in [-0.4, -0.2) is 41.2 Å². The molecule has 13 heteroatoms. The molecule has 0 aliphatic heterocycles. The van der Waals surface area contributed by atoms with Crippen molar-refractivity contribution in [3.05, 3.63) is 47.8 Å². The van der Waals surface area contributed by atoms with Crippen LogP contribution in [0.15, 0.2) is 30.9 Å². The van der Waals surface area contributed by atoms with Crippen LogP contribution in [-0.2, 0) is 38.2 Å². The summed E-state index contributed by atoms with van der Waals surface area (Å²) < 4.78 is 41.5. The molecule has 0 saturated carbocycles. The Labute approximate surface area is 162 Å². The van der Waals surface area contributed by atoms with Crippen LogP contribution < -0.4 is 10.6 Å². The lowest BCUT2D eigenvalue weighted by atomic mass is 10.3. The highest BCUT2D eigenvalue weighted by molar-refractivity contribution is 6.02. The fraction of sp³-hybridized carbons (Fsp3) is 0.312. The summed E-state index contributed by atoms with van der Waals surface area (Å²) in [5.41, 5.74) is -0.0852. The fourth-order valence-corrected chi connectivity index (χ4v) is 2.57. The van der Waals surface area contributed by atoms with Crippen LogP contribution in [0.4, 0.5) is 18.9 Å². The second-order valence-corrected chi connectivity index (χ2v) is 6.18. The summed E-state index contributed by atoms with van der Waals surface area (Å²) in [6.07, 6.45) is 1.08. The molecule has 0 aromatic carbocycles. The van der Waals surface area contributed by atoms with Gasteiger partial charge in [0.15, 0.2) is 5.69 Å². The van der Waals surface area contributed by atoms with Gasteiger partial charge in [-0.3, -0.25) is 23.6 Å². The summed E-state index contributed by atoms with van der Waals surface area (Å²) in [4.78, 5) is 24.7. The minimum absolute atomic E-state index is 0.0960. The van der Waals surface area contributed by atoms with E-state index in [2.05, 4.69) is 25.9 Å². The van der Waals surface area contributed by atoms with E-state index >= 15 is 0 Å². The predicted molar refractivity (Wildman–Crippen MR) is 93.4 cm³/mol. The topological polar surface area (TPSA) is 112 Å². The van der Waals surface area contributed by atoms with E-state index in [-0.39, 0.29) is 17.9 Å². The number of halogens is 3. The Kier molecular flexibility index (Phi) is 5.39. The molecule has 3 heterocycles.